The molecular formula is C15H22N2O2. The van der Waals surface area contributed by atoms with E-state index >= 15 is 0 Å². The number of nitrogens with one attached hydrogen (secondary N) is 1. The second-order valence-corrected chi connectivity index (χ2v) is 5.16. The monoisotopic (exact) mass is 262 g/mol. The molecule has 1 saturated heterocycles. The Kier molecular flexibility index (Phi) is 4.80. The first kappa shape index (κ1) is 13.9. The minimum atomic E-state index is 0.226. The van der Waals surface area contributed by atoms with Crippen molar-refractivity contribution < 1.29 is 9.53 Å². The Bertz CT molecular complexity index is 411. The van der Waals surface area contributed by atoms with Gasteiger partial charge in [0.25, 0.3) is 0 Å². The van der Waals surface area contributed by atoms with Crippen molar-refractivity contribution in [3.05, 3.63) is 29.8 Å². The van der Waals surface area contributed by atoms with Crippen LogP contribution in [0.5, 0.6) is 5.75 Å². The SMILES string of the molecule is COc1ccc(CN(C)C(=O)CC2CCNC2)cc1. The van der Waals surface area contributed by atoms with Crippen LogP contribution in [-0.4, -0.2) is 38.1 Å². The van der Waals surface area contributed by atoms with Gasteiger partial charge in [0.2, 0.25) is 5.91 Å². The summed E-state index contributed by atoms with van der Waals surface area (Å²) in [4.78, 5) is 13.9. The summed E-state index contributed by atoms with van der Waals surface area (Å²) in [6.07, 6.45) is 1.77. The van der Waals surface area contributed by atoms with Gasteiger partial charge in [-0.15, -0.1) is 0 Å². The summed E-state index contributed by atoms with van der Waals surface area (Å²) in [6.45, 7) is 2.67. The van der Waals surface area contributed by atoms with Gasteiger partial charge in [-0.25, -0.2) is 0 Å². The topological polar surface area (TPSA) is 41.6 Å². The Morgan fingerprint density at radius 2 is 2.16 bits per heavy atom. The Balaban J connectivity index is 1.84. The van der Waals surface area contributed by atoms with Crippen molar-refractivity contribution in [2.75, 3.05) is 27.2 Å². The highest BCUT2D eigenvalue weighted by Crippen LogP contribution is 2.16. The van der Waals surface area contributed by atoms with Crippen LogP contribution in [0.2, 0.25) is 0 Å². The van der Waals surface area contributed by atoms with Gasteiger partial charge < -0.3 is 15.0 Å². The van der Waals surface area contributed by atoms with E-state index in [0.717, 1.165) is 30.8 Å². The van der Waals surface area contributed by atoms with E-state index < -0.39 is 0 Å². The molecule has 1 aliphatic heterocycles. The van der Waals surface area contributed by atoms with Crippen LogP contribution < -0.4 is 10.1 Å². The van der Waals surface area contributed by atoms with E-state index in [2.05, 4.69) is 5.32 Å². The number of methoxy groups -OCH3 is 1. The van der Waals surface area contributed by atoms with Crippen LogP contribution >= 0.6 is 0 Å². The molecule has 0 saturated carbocycles. The molecule has 1 aliphatic rings. The molecule has 1 amide bonds. The number of rotatable bonds is 5. The van der Waals surface area contributed by atoms with Crippen molar-refractivity contribution in [2.24, 2.45) is 5.92 Å². The maximum Gasteiger partial charge on any atom is 0.222 e. The molecule has 0 bridgehead atoms. The third kappa shape index (κ3) is 3.96. The highest BCUT2D eigenvalue weighted by Gasteiger charge is 2.20. The predicted molar refractivity (Wildman–Crippen MR) is 75.1 cm³/mol. The fraction of sp³-hybridized carbons (Fsp3) is 0.533. The van der Waals surface area contributed by atoms with Crippen LogP contribution in [0, 0.1) is 5.92 Å². The second-order valence-electron chi connectivity index (χ2n) is 5.16. The fourth-order valence-corrected chi connectivity index (χ4v) is 2.38. The van der Waals surface area contributed by atoms with E-state index in [-0.39, 0.29) is 5.91 Å². The van der Waals surface area contributed by atoms with E-state index in [4.69, 9.17) is 4.74 Å². The lowest BCUT2D eigenvalue weighted by atomic mass is 10.0. The molecule has 4 heteroatoms. The van der Waals surface area contributed by atoms with Gasteiger partial charge in [-0.2, -0.15) is 0 Å². The third-order valence-corrected chi connectivity index (χ3v) is 3.63. The molecule has 4 nitrogen and oxygen atoms in total. The van der Waals surface area contributed by atoms with Gasteiger partial charge in [-0.1, -0.05) is 12.1 Å². The summed E-state index contributed by atoms with van der Waals surface area (Å²) in [5.41, 5.74) is 1.13. The van der Waals surface area contributed by atoms with Gasteiger partial charge in [-0.05, 0) is 43.1 Å². The van der Waals surface area contributed by atoms with Gasteiger partial charge in [0, 0.05) is 20.0 Å². The van der Waals surface area contributed by atoms with Crippen molar-refractivity contribution in [3.63, 3.8) is 0 Å². The molecule has 104 valence electrons. The minimum absolute atomic E-state index is 0.226. The highest BCUT2D eigenvalue weighted by molar-refractivity contribution is 5.76. The third-order valence-electron chi connectivity index (χ3n) is 3.63. The first-order valence-corrected chi connectivity index (χ1v) is 6.76. The Morgan fingerprint density at radius 3 is 2.74 bits per heavy atom. The van der Waals surface area contributed by atoms with Gasteiger partial charge in [-0.3, -0.25) is 4.79 Å². The molecule has 1 heterocycles. The number of ether oxygens (including phenoxy) is 1. The number of carbonyl (C=O) groups excluding carboxylic acids is 1. The number of benzene rings is 1. The molecule has 0 aromatic heterocycles. The van der Waals surface area contributed by atoms with Gasteiger partial charge in [0.1, 0.15) is 5.75 Å². The zero-order chi connectivity index (χ0) is 13.7. The van der Waals surface area contributed by atoms with E-state index in [0.29, 0.717) is 18.9 Å². The molecule has 0 spiro atoms. The average Bonchev–Trinajstić information content (AvgIpc) is 2.92. The average molecular weight is 262 g/mol. The molecule has 19 heavy (non-hydrogen) atoms. The van der Waals surface area contributed by atoms with Crippen molar-refractivity contribution in [1.82, 2.24) is 10.2 Å². The van der Waals surface area contributed by atoms with Crippen molar-refractivity contribution in [2.45, 2.75) is 19.4 Å². The highest BCUT2D eigenvalue weighted by atomic mass is 16.5. The molecule has 1 unspecified atom stereocenters. The van der Waals surface area contributed by atoms with Gasteiger partial charge >= 0.3 is 0 Å². The predicted octanol–water partition coefficient (Wildman–Crippen LogP) is 1.65. The number of hydrogen-bond donors (Lipinski definition) is 1. The molecule has 1 N–H and O–H groups in total. The van der Waals surface area contributed by atoms with Crippen molar-refractivity contribution in [3.8, 4) is 5.75 Å². The normalized spacial score (nSPS) is 18.3. The lowest BCUT2D eigenvalue weighted by Gasteiger charge is -2.19. The van der Waals surface area contributed by atoms with E-state index in [9.17, 15) is 4.79 Å². The molecule has 1 fully saturated rings. The zero-order valence-corrected chi connectivity index (χ0v) is 11.7. The fourth-order valence-electron chi connectivity index (χ4n) is 2.38. The minimum Gasteiger partial charge on any atom is -0.497 e. The first-order valence-electron chi connectivity index (χ1n) is 6.76. The molecule has 1 aromatic carbocycles. The van der Waals surface area contributed by atoms with Gasteiger partial charge in [0.05, 0.1) is 7.11 Å². The second kappa shape index (κ2) is 6.57. The standard InChI is InChI=1S/C15H22N2O2/c1-17(15(18)9-13-7-8-16-10-13)11-12-3-5-14(19-2)6-4-12/h3-6,13,16H,7-11H2,1-2H3. The van der Waals surface area contributed by atoms with Crippen LogP contribution in [-0.2, 0) is 11.3 Å². The van der Waals surface area contributed by atoms with E-state index in [1.54, 1.807) is 12.0 Å². The maximum atomic E-state index is 12.1. The molecular weight excluding hydrogens is 240 g/mol. The van der Waals surface area contributed by atoms with Crippen LogP contribution in [0.15, 0.2) is 24.3 Å². The number of hydrogen-bond acceptors (Lipinski definition) is 3. The largest absolute Gasteiger partial charge is 0.497 e. The quantitative estimate of drug-likeness (QED) is 0.877. The molecule has 1 aromatic rings. The summed E-state index contributed by atoms with van der Waals surface area (Å²) >= 11 is 0. The van der Waals surface area contributed by atoms with E-state index in [1.165, 1.54) is 0 Å². The van der Waals surface area contributed by atoms with Crippen LogP contribution in [0.1, 0.15) is 18.4 Å². The smallest absolute Gasteiger partial charge is 0.222 e. The summed E-state index contributed by atoms with van der Waals surface area (Å²) < 4.78 is 5.12. The summed E-state index contributed by atoms with van der Waals surface area (Å²) in [7, 11) is 3.52. The van der Waals surface area contributed by atoms with Crippen LogP contribution in [0.25, 0.3) is 0 Å². The molecule has 2 rings (SSSR count). The lowest BCUT2D eigenvalue weighted by Crippen LogP contribution is -2.28. The molecule has 0 radical (unpaired) electrons. The van der Waals surface area contributed by atoms with Crippen LogP contribution in [0.3, 0.4) is 0 Å². The maximum absolute atomic E-state index is 12.1. The molecule has 1 atom stereocenters. The summed E-state index contributed by atoms with van der Waals surface area (Å²) in [6, 6.07) is 7.85. The Labute approximate surface area is 114 Å². The summed E-state index contributed by atoms with van der Waals surface area (Å²) in [5.74, 6) is 1.57. The molecule has 0 aliphatic carbocycles. The van der Waals surface area contributed by atoms with Crippen LogP contribution in [0.4, 0.5) is 0 Å². The summed E-state index contributed by atoms with van der Waals surface area (Å²) in [5, 5.41) is 3.29. The van der Waals surface area contributed by atoms with Gasteiger partial charge in [0.15, 0.2) is 0 Å². The first-order chi connectivity index (χ1) is 9.19. The van der Waals surface area contributed by atoms with Crippen molar-refractivity contribution >= 4 is 5.91 Å². The Morgan fingerprint density at radius 1 is 1.42 bits per heavy atom. The zero-order valence-electron chi connectivity index (χ0n) is 11.7. The lowest BCUT2D eigenvalue weighted by molar-refractivity contribution is -0.131. The Hall–Kier alpha value is -1.55. The number of carbonyl (C=O) groups is 1. The number of nitrogens with zero attached hydrogens (tertiary/aromatic N) is 1. The van der Waals surface area contributed by atoms with Crippen molar-refractivity contribution in [1.29, 1.82) is 0 Å². The van der Waals surface area contributed by atoms with E-state index in [1.807, 2.05) is 31.3 Å². The number of amides is 1.